The lowest BCUT2D eigenvalue weighted by atomic mass is 10.0. The largest absolute Gasteiger partial charge is 0.495 e. The first-order valence-corrected chi connectivity index (χ1v) is 14.1. The molecule has 2 N–H and O–H groups in total. The summed E-state index contributed by atoms with van der Waals surface area (Å²) in [6.07, 6.45) is 6.70. The van der Waals surface area contributed by atoms with Crippen molar-refractivity contribution in [3.8, 4) is 34.5 Å². The molecular formula is C35H30N2O8. The van der Waals surface area contributed by atoms with Crippen LogP contribution in [0.3, 0.4) is 0 Å². The van der Waals surface area contributed by atoms with Crippen molar-refractivity contribution in [2.24, 2.45) is 0 Å². The molecule has 4 aromatic carbocycles. The number of ketones is 2. The number of anilines is 2. The molecule has 10 nitrogen and oxygen atoms in total. The number of hydrogen-bond donors (Lipinski definition) is 2. The van der Waals surface area contributed by atoms with Crippen LogP contribution in [0.2, 0.25) is 0 Å². The Morgan fingerprint density at radius 2 is 1.07 bits per heavy atom. The van der Waals surface area contributed by atoms with E-state index >= 15 is 0 Å². The molecule has 0 bridgehead atoms. The molecule has 0 aliphatic carbocycles. The fourth-order valence-corrected chi connectivity index (χ4v) is 4.87. The second-order valence-electron chi connectivity index (χ2n) is 10.1. The van der Waals surface area contributed by atoms with E-state index < -0.39 is 0 Å². The van der Waals surface area contributed by atoms with E-state index in [1.54, 1.807) is 63.0 Å². The summed E-state index contributed by atoms with van der Waals surface area (Å²) in [7, 11) is 3.19. The SMILES string of the molecule is COc1cc(Cc2ccc(N/C=C\C(=O)c3ccc4c(c3)OCO4)c(OC)c2)ccc1N/C=C\C(=O)c1ccc2c(c1)OCO2. The molecule has 6 rings (SSSR count). The van der Waals surface area contributed by atoms with Crippen LogP contribution in [-0.4, -0.2) is 39.4 Å². The fraction of sp³-hybridized carbons (Fsp3) is 0.143. The Labute approximate surface area is 259 Å². The normalized spacial score (nSPS) is 12.8. The Bertz CT molecular complexity index is 1680. The number of ether oxygens (including phenoxy) is 6. The van der Waals surface area contributed by atoms with Gasteiger partial charge in [-0.3, -0.25) is 9.59 Å². The van der Waals surface area contributed by atoms with Crippen LogP contribution in [0.25, 0.3) is 0 Å². The van der Waals surface area contributed by atoms with Crippen molar-refractivity contribution < 1.29 is 38.0 Å². The summed E-state index contributed by atoms with van der Waals surface area (Å²) in [6, 6.07) is 21.9. The van der Waals surface area contributed by atoms with Crippen molar-refractivity contribution in [2.45, 2.75) is 6.42 Å². The Morgan fingerprint density at radius 1 is 0.622 bits per heavy atom. The Morgan fingerprint density at radius 3 is 1.51 bits per heavy atom. The standard InChI is InChI=1S/C35H30N2O8/c1-40-32-16-22(3-7-26(32)36-13-11-28(38)24-5-9-30-34(18-24)44-20-42-30)15-23-4-8-27(33(17-23)41-2)37-14-12-29(39)25-6-10-31-35(19-25)45-21-43-31/h3-14,16-19,36-37H,15,20-21H2,1-2H3/b13-11-,14-12-. The molecule has 0 amide bonds. The molecular weight excluding hydrogens is 576 g/mol. The number of fused-ring (bicyclic) bond motifs is 2. The topological polar surface area (TPSA) is 114 Å². The van der Waals surface area contributed by atoms with Crippen LogP contribution in [0.1, 0.15) is 31.8 Å². The van der Waals surface area contributed by atoms with Gasteiger partial charge in [0.15, 0.2) is 34.6 Å². The third-order valence-corrected chi connectivity index (χ3v) is 7.20. The average molecular weight is 607 g/mol. The Kier molecular flexibility index (Phi) is 8.54. The van der Waals surface area contributed by atoms with E-state index in [9.17, 15) is 9.59 Å². The minimum absolute atomic E-state index is 0.155. The number of carbonyl (C=O) groups excluding carboxylic acids is 2. The first kappa shape index (κ1) is 29.2. The molecule has 2 aliphatic heterocycles. The molecule has 0 atom stereocenters. The summed E-state index contributed by atoms with van der Waals surface area (Å²) in [5.41, 5.74) is 4.49. The molecule has 10 heteroatoms. The van der Waals surface area contributed by atoms with Crippen molar-refractivity contribution in [2.75, 3.05) is 38.4 Å². The van der Waals surface area contributed by atoms with E-state index in [1.165, 1.54) is 12.2 Å². The Balaban J connectivity index is 1.06. The summed E-state index contributed by atoms with van der Waals surface area (Å²) < 4.78 is 32.5. The summed E-state index contributed by atoms with van der Waals surface area (Å²) >= 11 is 0. The number of nitrogens with one attached hydrogen (secondary N) is 2. The summed E-state index contributed by atoms with van der Waals surface area (Å²) in [6.45, 7) is 0.309. The van der Waals surface area contributed by atoms with Gasteiger partial charge in [0.2, 0.25) is 13.6 Å². The summed E-state index contributed by atoms with van der Waals surface area (Å²) in [5, 5.41) is 6.26. The summed E-state index contributed by atoms with van der Waals surface area (Å²) in [4.78, 5) is 25.2. The number of methoxy groups -OCH3 is 2. The molecule has 2 heterocycles. The minimum atomic E-state index is -0.171. The van der Waals surface area contributed by atoms with E-state index in [2.05, 4.69) is 10.6 Å². The number of carbonyl (C=O) groups is 2. The predicted octanol–water partition coefficient (Wildman–Crippen LogP) is 6.37. The van der Waals surface area contributed by atoms with Crippen LogP contribution in [0, 0.1) is 0 Å². The van der Waals surface area contributed by atoms with Crippen molar-refractivity contribution in [3.05, 3.63) is 120 Å². The number of hydrogen-bond acceptors (Lipinski definition) is 10. The highest BCUT2D eigenvalue weighted by atomic mass is 16.7. The van der Waals surface area contributed by atoms with Gasteiger partial charge in [0, 0.05) is 35.7 Å². The molecule has 2 aliphatic rings. The minimum Gasteiger partial charge on any atom is -0.495 e. The van der Waals surface area contributed by atoms with Crippen LogP contribution < -0.4 is 39.1 Å². The lowest BCUT2D eigenvalue weighted by Gasteiger charge is -2.13. The first-order chi connectivity index (χ1) is 22.0. The van der Waals surface area contributed by atoms with E-state index in [0.29, 0.717) is 52.0 Å². The molecule has 4 aromatic rings. The molecule has 0 aromatic heterocycles. The van der Waals surface area contributed by atoms with Crippen molar-refractivity contribution in [1.82, 2.24) is 0 Å². The van der Waals surface area contributed by atoms with Crippen LogP contribution in [0.15, 0.2) is 97.3 Å². The van der Waals surface area contributed by atoms with E-state index in [0.717, 1.165) is 22.5 Å². The quantitative estimate of drug-likeness (QED) is 0.139. The second kappa shape index (κ2) is 13.2. The Hall–Kier alpha value is -5.90. The van der Waals surface area contributed by atoms with E-state index in [1.807, 2.05) is 36.4 Å². The van der Waals surface area contributed by atoms with Gasteiger partial charge < -0.3 is 39.1 Å². The lowest BCUT2D eigenvalue weighted by molar-refractivity contribution is 0.103. The average Bonchev–Trinajstić information content (AvgIpc) is 3.74. The van der Waals surface area contributed by atoms with Crippen LogP contribution in [-0.2, 0) is 6.42 Å². The molecule has 0 spiro atoms. The molecule has 0 radical (unpaired) electrons. The highest BCUT2D eigenvalue weighted by Crippen LogP contribution is 2.34. The third kappa shape index (κ3) is 6.70. The van der Waals surface area contributed by atoms with Crippen LogP contribution in [0.5, 0.6) is 34.5 Å². The predicted molar refractivity (Wildman–Crippen MR) is 168 cm³/mol. The molecule has 0 saturated heterocycles. The van der Waals surface area contributed by atoms with Crippen molar-refractivity contribution in [3.63, 3.8) is 0 Å². The van der Waals surface area contributed by atoms with Gasteiger partial charge in [0.05, 0.1) is 25.6 Å². The van der Waals surface area contributed by atoms with Gasteiger partial charge in [0.1, 0.15) is 11.5 Å². The number of allylic oxidation sites excluding steroid dienone is 2. The zero-order chi connectivity index (χ0) is 31.2. The van der Waals surface area contributed by atoms with E-state index in [-0.39, 0.29) is 25.2 Å². The first-order valence-electron chi connectivity index (χ1n) is 14.1. The molecule has 0 fully saturated rings. The third-order valence-electron chi connectivity index (χ3n) is 7.20. The number of rotatable bonds is 12. The molecule has 0 saturated carbocycles. The second-order valence-corrected chi connectivity index (χ2v) is 10.1. The highest BCUT2D eigenvalue weighted by Gasteiger charge is 2.16. The van der Waals surface area contributed by atoms with Gasteiger partial charge >= 0.3 is 0 Å². The molecule has 45 heavy (non-hydrogen) atoms. The maximum absolute atomic E-state index is 12.6. The van der Waals surface area contributed by atoms with Gasteiger partial charge in [0.25, 0.3) is 0 Å². The maximum Gasteiger partial charge on any atom is 0.231 e. The monoisotopic (exact) mass is 606 g/mol. The smallest absolute Gasteiger partial charge is 0.231 e. The van der Waals surface area contributed by atoms with Crippen molar-refractivity contribution >= 4 is 22.9 Å². The highest BCUT2D eigenvalue weighted by molar-refractivity contribution is 6.05. The molecule has 228 valence electrons. The summed E-state index contributed by atoms with van der Waals surface area (Å²) in [5.74, 6) is 3.30. The number of benzene rings is 4. The van der Waals surface area contributed by atoms with Gasteiger partial charge in [-0.15, -0.1) is 0 Å². The van der Waals surface area contributed by atoms with Gasteiger partial charge in [-0.05, 0) is 78.2 Å². The van der Waals surface area contributed by atoms with Crippen LogP contribution in [0.4, 0.5) is 11.4 Å². The van der Waals surface area contributed by atoms with E-state index in [4.69, 9.17) is 28.4 Å². The zero-order valence-electron chi connectivity index (χ0n) is 24.6. The molecule has 0 unspecified atom stereocenters. The maximum atomic E-state index is 12.6. The lowest BCUT2D eigenvalue weighted by Crippen LogP contribution is -1.99. The van der Waals surface area contributed by atoms with Gasteiger partial charge in [-0.2, -0.15) is 0 Å². The van der Waals surface area contributed by atoms with Gasteiger partial charge in [-0.1, -0.05) is 12.1 Å². The zero-order valence-corrected chi connectivity index (χ0v) is 24.6. The van der Waals surface area contributed by atoms with Crippen molar-refractivity contribution in [1.29, 1.82) is 0 Å². The van der Waals surface area contributed by atoms with Crippen LogP contribution >= 0.6 is 0 Å². The van der Waals surface area contributed by atoms with Gasteiger partial charge in [-0.25, -0.2) is 0 Å². The fourth-order valence-electron chi connectivity index (χ4n) is 4.87.